The normalized spacial score (nSPS) is 12.5. The standard InChI is InChI=1S/C19H22N6O3S/c1-14(16-9-5-10-17(13-16)29(20,27)28)21-18(26)11-6-12-25-23-19(22-24-25)15-7-3-2-4-8-15/h2-5,7-10,13-14H,6,11-12H2,1H3,(H,21,26)(H2,20,27,28). The number of carbonyl (C=O) groups is 1. The van der Waals surface area contributed by atoms with Gasteiger partial charge in [-0.2, -0.15) is 4.80 Å². The summed E-state index contributed by atoms with van der Waals surface area (Å²) in [6.07, 6.45) is 0.821. The van der Waals surface area contributed by atoms with Crippen molar-refractivity contribution in [2.24, 2.45) is 5.14 Å². The predicted octanol–water partition coefficient (Wildman–Crippen LogP) is 1.65. The van der Waals surface area contributed by atoms with Crippen molar-refractivity contribution in [3.63, 3.8) is 0 Å². The van der Waals surface area contributed by atoms with Crippen LogP contribution in [0.2, 0.25) is 0 Å². The van der Waals surface area contributed by atoms with E-state index in [1.165, 1.54) is 16.9 Å². The lowest BCUT2D eigenvalue weighted by Crippen LogP contribution is -2.27. The maximum absolute atomic E-state index is 12.2. The quantitative estimate of drug-likeness (QED) is 0.576. The van der Waals surface area contributed by atoms with Crippen LogP contribution in [0.25, 0.3) is 11.4 Å². The highest BCUT2D eigenvalue weighted by atomic mass is 32.2. The van der Waals surface area contributed by atoms with Crippen molar-refractivity contribution < 1.29 is 13.2 Å². The second-order valence-electron chi connectivity index (χ2n) is 6.59. The minimum Gasteiger partial charge on any atom is -0.350 e. The number of aromatic nitrogens is 4. The smallest absolute Gasteiger partial charge is 0.238 e. The Morgan fingerprint density at radius 1 is 1.17 bits per heavy atom. The molecular formula is C19H22N6O3S. The van der Waals surface area contributed by atoms with Gasteiger partial charge in [-0.15, -0.1) is 10.2 Å². The Morgan fingerprint density at radius 3 is 2.66 bits per heavy atom. The molecule has 152 valence electrons. The van der Waals surface area contributed by atoms with Gasteiger partial charge >= 0.3 is 0 Å². The number of amides is 1. The van der Waals surface area contributed by atoms with Gasteiger partial charge in [-0.05, 0) is 36.3 Å². The number of rotatable bonds is 8. The lowest BCUT2D eigenvalue weighted by molar-refractivity contribution is -0.121. The lowest BCUT2D eigenvalue weighted by Gasteiger charge is -2.15. The van der Waals surface area contributed by atoms with E-state index >= 15 is 0 Å². The van der Waals surface area contributed by atoms with Crippen LogP contribution in [0.1, 0.15) is 31.4 Å². The molecule has 1 unspecified atom stereocenters. The molecule has 3 aromatic rings. The lowest BCUT2D eigenvalue weighted by atomic mass is 10.1. The van der Waals surface area contributed by atoms with Crippen LogP contribution in [0.3, 0.4) is 0 Å². The van der Waals surface area contributed by atoms with E-state index in [2.05, 4.69) is 20.7 Å². The van der Waals surface area contributed by atoms with Crippen molar-refractivity contribution >= 4 is 15.9 Å². The summed E-state index contributed by atoms with van der Waals surface area (Å²) in [6.45, 7) is 2.24. The second-order valence-corrected chi connectivity index (χ2v) is 8.15. The van der Waals surface area contributed by atoms with Gasteiger partial charge in [0.15, 0.2) is 0 Å². The molecule has 9 nitrogen and oxygen atoms in total. The Hall–Kier alpha value is -3.11. The number of nitrogens with zero attached hydrogens (tertiary/aromatic N) is 4. The first-order chi connectivity index (χ1) is 13.8. The van der Waals surface area contributed by atoms with Gasteiger partial charge < -0.3 is 5.32 Å². The van der Waals surface area contributed by atoms with Crippen LogP contribution in [0.5, 0.6) is 0 Å². The summed E-state index contributed by atoms with van der Waals surface area (Å²) in [6, 6.07) is 15.4. The van der Waals surface area contributed by atoms with Crippen molar-refractivity contribution in [2.45, 2.75) is 37.2 Å². The number of carbonyl (C=O) groups excluding carboxylic acids is 1. The van der Waals surface area contributed by atoms with Gasteiger partial charge in [0.2, 0.25) is 21.8 Å². The van der Waals surface area contributed by atoms with E-state index in [4.69, 9.17) is 5.14 Å². The molecule has 0 aliphatic rings. The van der Waals surface area contributed by atoms with Crippen LogP contribution in [-0.2, 0) is 21.4 Å². The van der Waals surface area contributed by atoms with E-state index in [0.717, 1.165) is 5.56 Å². The molecule has 0 saturated carbocycles. The fourth-order valence-corrected chi connectivity index (χ4v) is 3.35. The molecular weight excluding hydrogens is 392 g/mol. The summed E-state index contributed by atoms with van der Waals surface area (Å²) in [5.74, 6) is 0.389. The summed E-state index contributed by atoms with van der Waals surface area (Å²) in [4.78, 5) is 13.7. The number of primary sulfonamides is 1. The largest absolute Gasteiger partial charge is 0.350 e. The minimum absolute atomic E-state index is 0.0163. The van der Waals surface area contributed by atoms with Gasteiger partial charge in [0, 0.05) is 12.0 Å². The van der Waals surface area contributed by atoms with E-state index < -0.39 is 10.0 Å². The number of sulfonamides is 1. The van der Waals surface area contributed by atoms with Crippen molar-refractivity contribution in [1.29, 1.82) is 0 Å². The zero-order valence-electron chi connectivity index (χ0n) is 15.9. The Kier molecular flexibility index (Phi) is 6.35. The average Bonchev–Trinajstić information content (AvgIpc) is 3.17. The van der Waals surface area contributed by atoms with Crippen molar-refractivity contribution in [1.82, 2.24) is 25.5 Å². The first-order valence-electron chi connectivity index (χ1n) is 9.08. The van der Waals surface area contributed by atoms with Crippen LogP contribution in [-0.4, -0.2) is 34.5 Å². The molecule has 0 radical (unpaired) electrons. The second kappa shape index (κ2) is 8.93. The summed E-state index contributed by atoms with van der Waals surface area (Å²) >= 11 is 0. The highest BCUT2D eigenvalue weighted by Crippen LogP contribution is 2.17. The topological polar surface area (TPSA) is 133 Å². The van der Waals surface area contributed by atoms with E-state index in [1.54, 1.807) is 19.1 Å². The zero-order valence-corrected chi connectivity index (χ0v) is 16.7. The Labute approximate surface area is 169 Å². The molecule has 0 aliphatic carbocycles. The summed E-state index contributed by atoms with van der Waals surface area (Å²) in [7, 11) is -3.79. The fourth-order valence-electron chi connectivity index (χ4n) is 2.78. The number of aryl methyl sites for hydroxylation is 1. The Bertz CT molecular complexity index is 1080. The number of nitrogens with two attached hydrogens (primary N) is 1. The van der Waals surface area contributed by atoms with E-state index in [0.29, 0.717) is 24.4 Å². The molecule has 0 fully saturated rings. The number of tetrazole rings is 1. The third-order valence-corrected chi connectivity index (χ3v) is 5.22. The zero-order chi connectivity index (χ0) is 20.9. The highest BCUT2D eigenvalue weighted by Gasteiger charge is 2.14. The van der Waals surface area contributed by atoms with Gasteiger partial charge in [0.1, 0.15) is 0 Å². The molecule has 0 spiro atoms. The monoisotopic (exact) mass is 414 g/mol. The molecule has 1 atom stereocenters. The first kappa shape index (κ1) is 20.6. The number of nitrogens with one attached hydrogen (secondary N) is 1. The van der Waals surface area contributed by atoms with Crippen LogP contribution in [0, 0.1) is 0 Å². The molecule has 29 heavy (non-hydrogen) atoms. The SMILES string of the molecule is CC(NC(=O)CCCn1nnc(-c2ccccc2)n1)c1cccc(S(N)(=O)=O)c1. The van der Waals surface area contributed by atoms with Crippen molar-refractivity contribution in [3.05, 3.63) is 60.2 Å². The van der Waals surface area contributed by atoms with E-state index in [9.17, 15) is 13.2 Å². The minimum atomic E-state index is -3.79. The van der Waals surface area contributed by atoms with Gasteiger partial charge in [0.25, 0.3) is 0 Å². The first-order valence-corrected chi connectivity index (χ1v) is 10.6. The number of hydrogen-bond acceptors (Lipinski definition) is 6. The van der Waals surface area contributed by atoms with Crippen LogP contribution in [0.15, 0.2) is 59.5 Å². The summed E-state index contributed by atoms with van der Waals surface area (Å²) in [5.41, 5.74) is 1.54. The number of benzene rings is 2. The highest BCUT2D eigenvalue weighted by molar-refractivity contribution is 7.89. The molecule has 3 N–H and O–H groups in total. The molecule has 0 bridgehead atoms. The predicted molar refractivity (Wildman–Crippen MR) is 107 cm³/mol. The maximum atomic E-state index is 12.2. The van der Waals surface area contributed by atoms with Crippen LogP contribution < -0.4 is 10.5 Å². The Morgan fingerprint density at radius 2 is 1.93 bits per heavy atom. The van der Waals surface area contributed by atoms with Gasteiger partial charge in [-0.3, -0.25) is 4.79 Å². The molecule has 1 aromatic heterocycles. The van der Waals surface area contributed by atoms with Gasteiger partial charge in [0.05, 0.1) is 17.5 Å². The van der Waals surface area contributed by atoms with E-state index in [1.807, 2.05) is 30.3 Å². The van der Waals surface area contributed by atoms with Gasteiger partial charge in [-0.1, -0.05) is 42.5 Å². The molecule has 0 aliphatic heterocycles. The average molecular weight is 414 g/mol. The maximum Gasteiger partial charge on any atom is 0.238 e. The fraction of sp³-hybridized carbons (Fsp3) is 0.263. The molecule has 1 heterocycles. The molecule has 1 amide bonds. The summed E-state index contributed by atoms with van der Waals surface area (Å²) < 4.78 is 22.9. The molecule has 0 saturated heterocycles. The van der Waals surface area contributed by atoms with Crippen LogP contribution in [0.4, 0.5) is 0 Å². The molecule has 3 rings (SSSR count). The van der Waals surface area contributed by atoms with E-state index in [-0.39, 0.29) is 23.3 Å². The van der Waals surface area contributed by atoms with Crippen molar-refractivity contribution in [2.75, 3.05) is 0 Å². The summed E-state index contributed by atoms with van der Waals surface area (Å²) in [5, 5.41) is 20.3. The Balaban J connectivity index is 1.50. The number of hydrogen-bond donors (Lipinski definition) is 2. The van der Waals surface area contributed by atoms with Crippen molar-refractivity contribution in [3.8, 4) is 11.4 Å². The van der Waals surface area contributed by atoms with Gasteiger partial charge in [-0.25, -0.2) is 13.6 Å². The third-order valence-electron chi connectivity index (χ3n) is 4.31. The third kappa shape index (κ3) is 5.69. The molecule has 10 heteroatoms. The van der Waals surface area contributed by atoms with Crippen LogP contribution >= 0.6 is 0 Å². The molecule has 2 aromatic carbocycles.